The minimum atomic E-state index is -0.378. The lowest BCUT2D eigenvalue weighted by atomic mass is 10.1. The van der Waals surface area contributed by atoms with Crippen molar-refractivity contribution in [3.05, 3.63) is 23.8 Å². The van der Waals surface area contributed by atoms with Gasteiger partial charge in [-0.3, -0.25) is 4.79 Å². The predicted molar refractivity (Wildman–Crippen MR) is 98.2 cm³/mol. The van der Waals surface area contributed by atoms with Crippen LogP contribution in [0.1, 0.15) is 48.9 Å². The molecular formula is C19H28N2O4. The summed E-state index contributed by atoms with van der Waals surface area (Å²) in [7, 11) is 3.03. The lowest BCUT2D eigenvalue weighted by molar-refractivity contribution is -0.116. The molecule has 0 radical (unpaired) electrons. The van der Waals surface area contributed by atoms with Gasteiger partial charge in [0, 0.05) is 38.9 Å². The molecule has 1 fully saturated rings. The Morgan fingerprint density at radius 1 is 1.12 bits per heavy atom. The number of esters is 1. The number of benzene rings is 1. The Labute approximate surface area is 149 Å². The molecule has 138 valence electrons. The van der Waals surface area contributed by atoms with Crippen LogP contribution in [0.25, 0.3) is 0 Å². The summed E-state index contributed by atoms with van der Waals surface area (Å²) in [5, 5.41) is 2.86. The second-order valence-corrected chi connectivity index (χ2v) is 6.27. The van der Waals surface area contributed by atoms with Crippen LogP contribution in [0.5, 0.6) is 0 Å². The zero-order valence-electron chi connectivity index (χ0n) is 15.2. The number of amides is 1. The number of nitrogens with one attached hydrogen (secondary N) is 1. The molecule has 1 saturated heterocycles. The molecule has 0 aliphatic carbocycles. The van der Waals surface area contributed by atoms with Crippen LogP contribution >= 0.6 is 0 Å². The molecule has 0 unspecified atom stereocenters. The van der Waals surface area contributed by atoms with E-state index in [2.05, 4.69) is 10.2 Å². The Morgan fingerprint density at radius 2 is 1.88 bits per heavy atom. The summed E-state index contributed by atoms with van der Waals surface area (Å²) >= 11 is 0. The van der Waals surface area contributed by atoms with E-state index >= 15 is 0 Å². The first-order chi connectivity index (χ1) is 12.2. The standard InChI is InChI=1S/C19H28N2O4/c1-24-13-7-4-8-18(22)20-15-9-10-17(16(14-15)19(23)25-2)21-11-5-3-6-12-21/h9-10,14H,3-8,11-13H2,1-2H3,(H,20,22). The van der Waals surface area contributed by atoms with E-state index in [9.17, 15) is 9.59 Å². The summed E-state index contributed by atoms with van der Waals surface area (Å²) in [4.78, 5) is 26.4. The van der Waals surface area contributed by atoms with E-state index in [1.807, 2.05) is 12.1 Å². The van der Waals surface area contributed by atoms with Gasteiger partial charge in [-0.05, 0) is 50.3 Å². The lowest BCUT2D eigenvalue weighted by Crippen LogP contribution is -2.31. The molecule has 6 heteroatoms. The van der Waals surface area contributed by atoms with Crippen molar-refractivity contribution >= 4 is 23.3 Å². The SMILES string of the molecule is COCCCCC(=O)Nc1ccc(N2CCCCC2)c(C(=O)OC)c1. The molecular weight excluding hydrogens is 320 g/mol. The molecule has 1 heterocycles. The molecule has 1 amide bonds. The number of hydrogen-bond acceptors (Lipinski definition) is 5. The molecule has 6 nitrogen and oxygen atoms in total. The number of anilines is 2. The van der Waals surface area contributed by atoms with Crippen LogP contribution in [0.4, 0.5) is 11.4 Å². The average Bonchev–Trinajstić information content (AvgIpc) is 2.65. The number of carbonyl (C=O) groups is 2. The fourth-order valence-electron chi connectivity index (χ4n) is 3.05. The number of ether oxygens (including phenoxy) is 2. The van der Waals surface area contributed by atoms with Crippen molar-refractivity contribution in [2.45, 2.75) is 38.5 Å². The van der Waals surface area contributed by atoms with E-state index < -0.39 is 0 Å². The zero-order valence-corrected chi connectivity index (χ0v) is 15.2. The molecule has 25 heavy (non-hydrogen) atoms. The van der Waals surface area contributed by atoms with Gasteiger partial charge in [-0.15, -0.1) is 0 Å². The zero-order chi connectivity index (χ0) is 18.1. The summed E-state index contributed by atoms with van der Waals surface area (Å²) in [6, 6.07) is 5.46. The third-order valence-corrected chi connectivity index (χ3v) is 4.38. The van der Waals surface area contributed by atoms with Crippen molar-refractivity contribution in [3.63, 3.8) is 0 Å². The fourth-order valence-corrected chi connectivity index (χ4v) is 3.05. The molecule has 0 saturated carbocycles. The van der Waals surface area contributed by atoms with Gasteiger partial charge in [-0.2, -0.15) is 0 Å². The van der Waals surface area contributed by atoms with Gasteiger partial charge in [0.05, 0.1) is 18.4 Å². The van der Waals surface area contributed by atoms with Gasteiger partial charge in [-0.25, -0.2) is 4.79 Å². The Bertz CT molecular complexity index is 583. The molecule has 1 aliphatic heterocycles. The molecule has 1 aromatic carbocycles. The first-order valence-corrected chi connectivity index (χ1v) is 8.92. The van der Waals surface area contributed by atoms with E-state index in [4.69, 9.17) is 9.47 Å². The average molecular weight is 348 g/mol. The second-order valence-electron chi connectivity index (χ2n) is 6.27. The molecule has 2 rings (SSSR count). The van der Waals surface area contributed by atoms with Crippen LogP contribution < -0.4 is 10.2 Å². The largest absolute Gasteiger partial charge is 0.465 e. The lowest BCUT2D eigenvalue weighted by Gasteiger charge is -2.30. The van der Waals surface area contributed by atoms with Crippen molar-refractivity contribution in [3.8, 4) is 0 Å². The van der Waals surface area contributed by atoms with Gasteiger partial charge < -0.3 is 19.7 Å². The Kier molecular flexibility index (Phi) is 7.73. The molecule has 1 aliphatic rings. The van der Waals surface area contributed by atoms with Gasteiger partial charge >= 0.3 is 5.97 Å². The highest BCUT2D eigenvalue weighted by atomic mass is 16.5. The summed E-state index contributed by atoms with van der Waals surface area (Å²) in [5.41, 5.74) is 2.00. The van der Waals surface area contributed by atoms with Crippen LogP contribution in [0.3, 0.4) is 0 Å². The number of unbranched alkanes of at least 4 members (excludes halogenated alkanes) is 1. The number of rotatable bonds is 8. The summed E-state index contributed by atoms with van der Waals surface area (Å²) in [6.07, 6.45) is 5.54. The smallest absolute Gasteiger partial charge is 0.340 e. The highest BCUT2D eigenvalue weighted by molar-refractivity contribution is 5.99. The van der Waals surface area contributed by atoms with Gasteiger partial charge in [0.1, 0.15) is 0 Å². The van der Waals surface area contributed by atoms with Crippen LogP contribution in [-0.4, -0.2) is 45.8 Å². The van der Waals surface area contributed by atoms with Crippen molar-refractivity contribution in [2.24, 2.45) is 0 Å². The second kappa shape index (κ2) is 10.0. The number of nitrogens with zero attached hydrogens (tertiary/aromatic N) is 1. The third kappa shape index (κ3) is 5.74. The number of carbonyl (C=O) groups excluding carboxylic acids is 2. The molecule has 0 spiro atoms. The highest BCUT2D eigenvalue weighted by Crippen LogP contribution is 2.28. The van der Waals surface area contributed by atoms with Crippen molar-refractivity contribution in [1.29, 1.82) is 0 Å². The molecule has 1 N–H and O–H groups in total. The third-order valence-electron chi connectivity index (χ3n) is 4.38. The van der Waals surface area contributed by atoms with Gasteiger partial charge in [0.25, 0.3) is 0 Å². The van der Waals surface area contributed by atoms with E-state index in [1.165, 1.54) is 13.5 Å². The maximum atomic E-state index is 12.2. The summed E-state index contributed by atoms with van der Waals surface area (Å²) in [5.74, 6) is -0.436. The normalized spacial score (nSPS) is 14.2. The van der Waals surface area contributed by atoms with Gasteiger partial charge in [-0.1, -0.05) is 0 Å². The van der Waals surface area contributed by atoms with Gasteiger partial charge in [0.15, 0.2) is 0 Å². The van der Waals surface area contributed by atoms with E-state index in [0.717, 1.165) is 44.5 Å². The minimum absolute atomic E-state index is 0.0577. The van der Waals surface area contributed by atoms with Crippen LogP contribution in [0, 0.1) is 0 Å². The summed E-state index contributed by atoms with van der Waals surface area (Å²) < 4.78 is 9.91. The molecule has 0 aromatic heterocycles. The summed E-state index contributed by atoms with van der Waals surface area (Å²) in [6.45, 7) is 2.54. The first kappa shape index (κ1) is 19.2. The number of methoxy groups -OCH3 is 2. The van der Waals surface area contributed by atoms with Crippen molar-refractivity contribution < 1.29 is 19.1 Å². The Morgan fingerprint density at radius 3 is 2.56 bits per heavy atom. The fraction of sp³-hybridized carbons (Fsp3) is 0.579. The van der Waals surface area contributed by atoms with E-state index in [1.54, 1.807) is 13.2 Å². The molecule has 0 atom stereocenters. The minimum Gasteiger partial charge on any atom is -0.465 e. The molecule has 1 aromatic rings. The monoisotopic (exact) mass is 348 g/mol. The Balaban J connectivity index is 2.07. The van der Waals surface area contributed by atoms with Crippen LogP contribution in [-0.2, 0) is 14.3 Å². The topological polar surface area (TPSA) is 67.9 Å². The molecule has 0 bridgehead atoms. The van der Waals surface area contributed by atoms with Crippen LogP contribution in [0.2, 0.25) is 0 Å². The highest BCUT2D eigenvalue weighted by Gasteiger charge is 2.20. The predicted octanol–water partition coefficient (Wildman–Crippen LogP) is 3.22. The number of hydrogen-bond donors (Lipinski definition) is 1. The number of piperidine rings is 1. The van der Waals surface area contributed by atoms with E-state index in [-0.39, 0.29) is 11.9 Å². The van der Waals surface area contributed by atoms with Gasteiger partial charge in [0.2, 0.25) is 5.91 Å². The first-order valence-electron chi connectivity index (χ1n) is 8.92. The van der Waals surface area contributed by atoms with Crippen molar-refractivity contribution in [1.82, 2.24) is 0 Å². The maximum absolute atomic E-state index is 12.2. The van der Waals surface area contributed by atoms with Crippen molar-refractivity contribution in [2.75, 3.05) is 44.1 Å². The maximum Gasteiger partial charge on any atom is 0.340 e. The Hall–Kier alpha value is -2.08. The van der Waals surface area contributed by atoms with E-state index in [0.29, 0.717) is 24.3 Å². The quantitative estimate of drug-likeness (QED) is 0.577. The van der Waals surface area contributed by atoms with Crippen LogP contribution in [0.15, 0.2) is 18.2 Å².